The number of hydrogen-bond donors (Lipinski definition) is 3. The van der Waals surface area contributed by atoms with Crippen LogP contribution in [0.2, 0.25) is 0 Å². The quantitative estimate of drug-likeness (QED) is 0.597. The minimum absolute atomic E-state index is 0.0614. The van der Waals surface area contributed by atoms with Gasteiger partial charge in [0, 0.05) is 36.6 Å². The van der Waals surface area contributed by atoms with E-state index in [2.05, 4.69) is 15.8 Å². The van der Waals surface area contributed by atoms with Gasteiger partial charge < -0.3 is 9.88 Å². The van der Waals surface area contributed by atoms with Crippen molar-refractivity contribution in [3.63, 3.8) is 0 Å². The number of rotatable bonds is 4. The summed E-state index contributed by atoms with van der Waals surface area (Å²) in [6.45, 7) is 2.82. The van der Waals surface area contributed by atoms with Crippen molar-refractivity contribution in [1.82, 2.24) is 20.7 Å². The summed E-state index contributed by atoms with van der Waals surface area (Å²) in [5.41, 5.74) is 8.39. The Morgan fingerprint density at radius 3 is 2.66 bits per heavy atom. The normalized spacial score (nSPS) is 16.2. The van der Waals surface area contributed by atoms with Gasteiger partial charge in [0.2, 0.25) is 11.8 Å². The van der Waals surface area contributed by atoms with Crippen LogP contribution >= 0.6 is 0 Å². The molecule has 0 saturated carbocycles. The molecule has 2 aromatic carbocycles. The van der Waals surface area contributed by atoms with Crippen molar-refractivity contribution in [3.8, 4) is 0 Å². The van der Waals surface area contributed by atoms with E-state index in [1.54, 1.807) is 11.1 Å². The van der Waals surface area contributed by atoms with Crippen molar-refractivity contribution >= 4 is 28.6 Å². The molecule has 7 heteroatoms. The van der Waals surface area contributed by atoms with Crippen molar-refractivity contribution in [1.29, 1.82) is 0 Å². The number of hydrogen-bond acceptors (Lipinski definition) is 3. The number of H-pyrrole nitrogens is 1. The van der Waals surface area contributed by atoms with Crippen LogP contribution in [-0.4, -0.2) is 34.2 Å². The summed E-state index contributed by atoms with van der Waals surface area (Å²) < 4.78 is 0. The van der Waals surface area contributed by atoms with E-state index in [0.29, 0.717) is 18.7 Å². The van der Waals surface area contributed by atoms with Crippen LogP contribution < -0.4 is 10.9 Å². The number of aromatic amines is 1. The summed E-state index contributed by atoms with van der Waals surface area (Å²) in [6, 6.07) is 15.4. The van der Waals surface area contributed by atoms with E-state index >= 15 is 0 Å². The molecule has 1 fully saturated rings. The molecule has 2 heterocycles. The first-order valence-corrected chi connectivity index (χ1v) is 9.51. The molecule has 1 aliphatic rings. The summed E-state index contributed by atoms with van der Waals surface area (Å²) in [5, 5.41) is 0.777. The van der Waals surface area contributed by atoms with Gasteiger partial charge in [-0.3, -0.25) is 25.2 Å². The lowest BCUT2D eigenvalue weighted by molar-refractivity contribution is -0.129. The van der Waals surface area contributed by atoms with Gasteiger partial charge in [0.05, 0.1) is 11.5 Å². The highest BCUT2D eigenvalue weighted by Crippen LogP contribution is 2.21. The van der Waals surface area contributed by atoms with E-state index in [-0.39, 0.29) is 18.2 Å². The first-order chi connectivity index (χ1) is 14.0. The Hall–Kier alpha value is -3.61. The Balaban J connectivity index is 1.33. The molecule has 3 aromatic rings. The van der Waals surface area contributed by atoms with Crippen molar-refractivity contribution in [2.24, 2.45) is 5.92 Å². The summed E-state index contributed by atoms with van der Waals surface area (Å²) >= 11 is 0. The lowest BCUT2D eigenvalue weighted by Gasteiger charge is -2.17. The molecule has 1 aromatic heterocycles. The number of carbonyl (C=O) groups is 3. The highest BCUT2D eigenvalue weighted by atomic mass is 16.2. The molecular formula is C22H22N4O3. The molecule has 0 bridgehead atoms. The second kappa shape index (κ2) is 7.79. The summed E-state index contributed by atoms with van der Waals surface area (Å²) in [7, 11) is 0. The molecule has 3 N–H and O–H groups in total. The van der Waals surface area contributed by atoms with Crippen molar-refractivity contribution < 1.29 is 14.4 Å². The maximum atomic E-state index is 12.5. The van der Waals surface area contributed by atoms with Gasteiger partial charge in [-0.15, -0.1) is 0 Å². The van der Waals surface area contributed by atoms with Gasteiger partial charge in [0.1, 0.15) is 0 Å². The Kier molecular flexibility index (Phi) is 5.03. The van der Waals surface area contributed by atoms with Crippen LogP contribution in [0, 0.1) is 12.8 Å². The van der Waals surface area contributed by atoms with Crippen LogP contribution in [0.25, 0.3) is 10.9 Å². The van der Waals surface area contributed by atoms with Crippen molar-refractivity contribution in [2.75, 3.05) is 6.54 Å². The van der Waals surface area contributed by atoms with E-state index in [0.717, 1.165) is 22.0 Å². The third kappa shape index (κ3) is 3.99. The second-order valence-corrected chi connectivity index (χ2v) is 7.35. The molecule has 1 atom stereocenters. The number of carbonyl (C=O) groups excluding carboxylic acids is 3. The summed E-state index contributed by atoms with van der Waals surface area (Å²) in [6.07, 6.45) is 1.75. The first kappa shape index (κ1) is 18.7. The van der Waals surface area contributed by atoms with E-state index < -0.39 is 11.8 Å². The van der Waals surface area contributed by atoms with Crippen molar-refractivity contribution in [3.05, 3.63) is 71.4 Å². The number of amides is 3. The minimum Gasteiger partial charge on any atom is -0.360 e. The lowest BCUT2D eigenvalue weighted by atomic mass is 10.1. The topological polar surface area (TPSA) is 94.3 Å². The third-order valence-corrected chi connectivity index (χ3v) is 5.21. The molecule has 3 amide bonds. The molecular weight excluding hydrogens is 368 g/mol. The van der Waals surface area contributed by atoms with Crippen LogP contribution in [0.15, 0.2) is 54.7 Å². The number of nitrogens with zero attached hydrogens (tertiary/aromatic N) is 1. The smallest absolute Gasteiger partial charge is 0.271 e. The Labute approximate surface area is 168 Å². The fourth-order valence-corrected chi connectivity index (χ4v) is 3.56. The summed E-state index contributed by atoms with van der Waals surface area (Å²) in [4.78, 5) is 41.9. The van der Waals surface area contributed by atoms with Gasteiger partial charge >= 0.3 is 0 Å². The lowest BCUT2D eigenvalue weighted by Crippen LogP contribution is -2.45. The van der Waals surface area contributed by atoms with E-state index in [9.17, 15) is 14.4 Å². The molecule has 0 spiro atoms. The van der Waals surface area contributed by atoms with Crippen LogP contribution in [0.3, 0.4) is 0 Å². The fourth-order valence-electron chi connectivity index (χ4n) is 3.56. The zero-order chi connectivity index (χ0) is 20.4. The maximum absolute atomic E-state index is 12.5. The average Bonchev–Trinajstić information content (AvgIpc) is 3.31. The molecule has 0 radical (unpaired) electrons. The van der Waals surface area contributed by atoms with Crippen LogP contribution in [0.1, 0.15) is 27.9 Å². The van der Waals surface area contributed by atoms with E-state index in [1.165, 1.54) is 0 Å². The zero-order valence-corrected chi connectivity index (χ0v) is 16.1. The SMILES string of the molecule is Cc1ccc(CN2CC(C(=O)NNC(=O)c3c[nH]c4ccccc34)CC2=O)cc1. The molecule has 29 heavy (non-hydrogen) atoms. The standard InChI is InChI=1S/C22H22N4O3/c1-14-6-8-15(9-7-14)12-26-13-16(10-20(26)27)21(28)24-25-22(29)18-11-23-19-5-3-2-4-17(18)19/h2-9,11,16,23H,10,12-13H2,1H3,(H,24,28)(H,25,29). The zero-order valence-electron chi connectivity index (χ0n) is 16.1. The molecule has 0 aliphatic carbocycles. The van der Waals surface area contributed by atoms with E-state index in [4.69, 9.17) is 0 Å². The Morgan fingerprint density at radius 2 is 1.86 bits per heavy atom. The van der Waals surface area contributed by atoms with Crippen molar-refractivity contribution in [2.45, 2.75) is 19.9 Å². The molecule has 1 unspecified atom stereocenters. The molecule has 1 saturated heterocycles. The second-order valence-electron chi connectivity index (χ2n) is 7.35. The summed E-state index contributed by atoms with van der Waals surface area (Å²) in [5.74, 6) is -1.32. The molecule has 1 aliphatic heterocycles. The number of benzene rings is 2. The highest BCUT2D eigenvalue weighted by Gasteiger charge is 2.34. The minimum atomic E-state index is -0.490. The van der Waals surface area contributed by atoms with Gasteiger partial charge in [0.25, 0.3) is 5.91 Å². The molecule has 148 valence electrons. The predicted molar refractivity (Wildman–Crippen MR) is 109 cm³/mol. The van der Waals surface area contributed by atoms with Gasteiger partial charge in [-0.25, -0.2) is 0 Å². The van der Waals surface area contributed by atoms with Gasteiger partial charge in [-0.05, 0) is 18.6 Å². The average molecular weight is 390 g/mol. The number of aryl methyl sites for hydroxylation is 1. The first-order valence-electron chi connectivity index (χ1n) is 9.51. The van der Waals surface area contributed by atoms with Gasteiger partial charge in [0.15, 0.2) is 0 Å². The highest BCUT2D eigenvalue weighted by molar-refractivity contribution is 6.07. The Morgan fingerprint density at radius 1 is 1.10 bits per heavy atom. The number of likely N-dealkylation sites (tertiary alicyclic amines) is 1. The Bertz CT molecular complexity index is 1070. The largest absolute Gasteiger partial charge is 0.360 e. The number of hydrazine groups is 1. The number of nitrogens with one attached hydrogen (secondary N) is 3. The molecule has 7 nitrogen and oxygen atoms in total. The molecule has 4 rings (SSSR count). The monoisotopic (exact) mass is 390 g/mol. The predicted octanol–water partition coefficient (Wildman–Crippen LogP) is 2.29. The number of para-hydroxylation sites is 1. The maximum Gasteiger partial charge on any atom is 0.271 e. The van der Waals surface area contributed by atoms with Crippen LogP contribution in [0.4, 0.5) is 0 Å². The van der Waals surface area contributed by atoms with Gasteiger partial charge in [-0.1, -0.05) is 48.0 Å². The fraction of sp³-hybridized carbons (Fsp3) is 0.227. The van der Waals surface area contributed by atoms with E-state index in [1.807, 2.05) is 55.5 Å². The number of fused-ring (bicyclic) bond motifs is 1. The van der Waals surface area contributed by atoms with Crippen LogP contribution in [-0.2, 0) is 16.1 Å². The third-order valence-electron chi connectivity index (χ3n) is 5.21. The number of aromatic nitrogens is 1. The van der Waals surface area contributed by atoms with Crippen LogP contribution in [0.5, 0.6) is 0 Å². The van der Waals surface area contributed by atoms with Gasteiger partial charge in [-0.2, -0.15) is 0 Å².